The van der Waals surface area contributed by atoms with E-state index in [4.69, 9.17) is 11.6 Å². The lowest BCUT2D eigenvalue weighted by Crippen LogP contribution is -2.30. The topological polar surface area (TPSA) is 99.3 Å². The molecule has 0 unspecified atom stereocenters. The summed E-state index contributed by atoms with van der Waals surface area (Å²) in [5.41, 5.74) is 2.09. The molecule has 0 bridgehead atoms. The van der Waals surface area contributed by atoms with E-state index in [2.05, 4.69) is 30.8 Å². The number of benzene rings is 1. The Hall–Kier alpha value is -2.98. The number of aromatic nitrogens is 2. The first-order valence-corrected chi connectivity index (χ1v) is 12.5. The lowest BCUT2D eigenvalue weighted by Gasteiger charge is -2.11. The van der Waals surface area contributed by atoms with Crippen molar-refractivity contribution in [1.82, 2.24) is 20.2 Å². The molecule has 0 saturated heterocycles. The van der Waals surface area contributed by atoms with Gasteiger partial charge in [0.1, 0.15) is 10.8 Å². The number of amides is 2. The zero-order valence-electron chi connectivity index (χ0n) is 19.8. The standard InChI is InChI=1S/C25H29ClN6O2S/c1-32(2)14-4-11-27-16-23(33)31-22-15-18(10-13-28-22)17-35-25-21(5-3-12-29-25)24(34)30-20-8-6-19(26)7-9-20/h3,5-10,12-13,15,27H,4,11,14,16-17H2,1-2H3,(H,30,34)(H,28,31,33). The Morgan fingerprint density at radius 1 is 1.03 bits per heavy atom. The summed E-state index contributed by atoms with van der Waals surface area (Å²) in [6.07, 6.45) is 4.28. The van der Waals surface area contributed by atoms with E-state index in [1.54, 1.807) is 48.8 Å². The van der Waals surface area contributed by atoms with E-state index in [-0.39, 0.29) is 18.4 Å². The minimum absolute atomic E-state index is 0.141. The molecular formula is C25H29ClN6O2S. The van der Waals surface area contributed by atoms with Crippen LogP contribution < -0.4 is 16.0 Å². The number of hydrogen-bond donors (Lipinski definition) is 3. The van der Waals surface area contributed by atoms with Crippen LogP contribution in [0.5, 0.6) is 0 Å². The van der Waals surface area contributed by atoms with Crippen molar-refractivity contribution in [3.05, 3.63) is 77.1 Å². The van der Waals surface area contributed by atoms with Gasteiger partial charge in [0.15, 0.2) is 0 Å². The molecule has 0 spiro atoms. The largest absolute Gasteiger partial charge is 0.322 e. The lowest BCUT2D eigenvalue weighted by molar-refractivity contribution is -0.115. The third-order valence-electron chi connectivity index (χ3n) is 4.83. The van der Waals surface area contributed by atoms with Crippen molar-refractivity contribution in [2.24, 2.45) is 0 Å². The molecule has 0 aliphatic heterocycles. The fourth-order valence-corrected chi connectivity index (χ4v) is 4.16. The maximum absolute atomic E-state index is 12.8. The molecule has 10 heteroatoms. The van der Waals surface area contributed by atoms with Crippen LogP contribution in [-0.4, -0.2) is 60.4 Å². The predicted octanol–water partition coefficient (Wildman–Crippen LogP) is 4.15. The third kappa shape index (κ3) is 9.29. The van der Waals surface area contributed by atoms with Crippen LogP contribution in [0.4, 0.5) is 11.5 Å². The number of thioether (sulfide) groups is 1. The Morgan fingerprint density at radius 2 is 1.83 bits per heavy atom. The SMILES string of the molecule is CN(C)CCCNCC(=O)Nc1cc(CSc2ncccc2C(=O)Nc2ccc(Cl)cc2)ccn1. The highest BCUT2D eigenvalue weighted by Gasteiger charge is 2.14. The van der Waals surface area contributed by atoms with Gasteiger partial charge in [0.05, 0.1) is 12.1 Å². The van der Waals surface area contributed by atoms with Gasteiger partial charge in [-0.05, 0) is 87.7 Å². The average molecular weight is 513 g/mol. The number of hydrogen-bond acceptors (Lipinski definition) is 7. The van der Waals surface area contributed by atoms with E-state index in [0.717, 1.165) is 25.1 Å². The summed E-state index contributed by atoms with van der Waals surface area (Å²) in [6, 6.07) is 14.1. The first-order valence-electron chi connectivity index (χ1n) is 11.2. The second-order valence-electron chi connectivity index (χ2n) is 8.04. The fourth-order valence-electron chi connectivity index (χ4n) is 3.10. The molecule has 8 nitrogen and oxygen atoms in total. The second-order valence-corrected chi connectivity index (χ2v) is 9.44. The van der Waals surface area contributed by atoms with Crippen LogP contribution in [0.1, 0.15) is 22.3 Å². The molecule has 3 N–H and O–H groups in total. The number of nitrogens with one attached hydrogen (secondary N) is 3. The van der Waals surface area contributed by atoms with E-state index in [1.807, 2.05) is 26.2 Å². The van der Waals surface area contributed by atoms with Crippen LogP contribution in [0.25, 0.3) is 0 Å². The minimum Gasteiger partial charge on any atom is -0.322 e. The first kappa shape index (κ1) is 26.6. The van der Waals surface area contributed by atoms with Crippen molar-refractivity contribution >= 4 is 46.7 Å². The van der Waals surface area contributed by atoms with Gasteiger partial charge >= 0.3 is 0 Å². The van der Waals surface area contributed by atoms with Crippen molar-refractivity contribution in [3.8, 4) is 0 Å². The molecule has 0 fully saturated rings. The van der Waals surface area contributed by atoms with Crippen LogP contribution in [0.15, 0.2) is 66.0 Å². The molecule has 184 valence electrons. The van der Waals surface area contributed by atoms with E-state index in [9.17, 15) is 9.59 Å². The Balaban J connectivity index is 1.53. The van der Waals surface area contributed by atoms with Crippen molar-refractivity contribution in [2.75, 3.05) is 44.4 Å². The van der Waals surface area contributed by atoms with Crippen LogP contribution >= 0.6 is 23.4 Å². The van der Waals surface area contributed by atoms with Gasteiger partial charge in [-0.2, -0.15) is 0 Å². The van der Waals surface area contributed by atoms with Gasteiger partial charge in [-0.25, -0.2) is 9.97 Å². The monoisotopic (exact) mass is 512 g/mol. The first-order chi connectivity index (χ1) is 16.9. The summed E-state index contributed by atoms with van der Waals surface area (Å²) in [5.74, 6) is 0.665. The number of carbonyl (C=O) groups is 2. The number of rotatable bonds is 12. The van der Waals surface area contributed by atoms with Crippen molar-refractivity contribution in [2.45, 2.75) is 17.2 Å². The Morgan fingerprint density at radius 3 is 2.60 bits per heavy atom. The molecule has 3 aromatic rings. The second kappa shape index (κ2) is 13.8. The van der Waals surface area contributed by atoms with Gasteiger partial charge in [0, 0.05) is 28.9 Å². The Bertz CT molecular complexity index is 1130. The number of carbonyl (C=O) groups excluding carboxylic acids is 2. The molecule has 2 aromatic heterocycles. The highest BCUT2D eigenvalue weighted by Crippen LogP contribution is 2.26. The zero-order chi connectivity index (χ0) is 25.0. The van der Waals surface area contributed by atoms with Crippen LogP contribution in [-0.2, 0) is 10.5 Å². The number of pyridine rings is 2. The van der Waals surface area contributed by atoms with E-state index in [0.29, 0.717) is 32.9 Å². The summed E-state index contributed by atoms with van der Waals surface area (Å²) < 4.78 is 0. The minimum atomic E-state index is -0.247. The molecule has 0 atom stereocenters. The maximum atomic E-state index is 12.8. The van der Waals surface area contributed by atoms with Crippen LogP contribution in [0, 0.1) is 0 Å². The van der Waals surface area contributed by atoms with E-state index >= 15 is 0 Å². The van der Waals surface area contributed by atoms with Crippen molar-refractivity contribution in [3.63, 3.8) is 0 Å². The molecule has 0 aliphatic rings. The Kier molecular flexibility index (Phi) is 10.5. The highest BCUT2D eigenvalue weighted by molar-refractivity contribution is 7.98. The third-order valence-corrected chi connectivity index (χ3v) is 6.16. The van der Waals surface area contributed by atoms with E-state index in [1.165, 1.54) is 11.8 Å². The summed E-state index contributed by atoms with van der Waals surface area (Å²) in [6.45, 7) is 1.97. The molecule has 35 heavy (non-hydrogen) atoms. The van der Waals surface area contributed by atoms with Gasteiger partial charge in [0.2, 0.25) is 5.91 Å². The molecular weight excluding hydrogens is 484 g/mol. The zero-order valence-corrected chi connectivity index (χ0v) is 21.3. The smallest absolute Gasteiger partial charge is 0.258 e. The van der Waals surface area contributed by atoms with E-state index < -0.39 is 0 Å². The fraction of sp³-hybridized carbons (Fsp3) is 0.280. The summed E-state index contributed by atoms with van der Waals surface area (Å²) in [5, 5.41) is 10.0. The summed E-state index contributed by atoms with van der Waals surface area (Å²) in [4.78, 5) is 35.7. The van der Waals surface area contributed by atoms with Gasteiger partial charge in [-0.1, -0.05) is 11.6 Å². The molecule has 1 aromatic carbocycles. The van der Waals surface area contributed by atoms with Crippen molar-refractivity contribution < 1.29 is 9.59 Å². The lowest BCUT2D eigenvalue weighted by atomic mass is 10.2. The number of anilines is 2. The normalized spacial score (nSPS) is 10.9. The Labute approximate surface area is 214 Å². The molecule has 0 aliphatic carbocycles. The van der Waals surface area contributed by atoms with Gasteiger partial charge in [-0.15, -0.1) is 11.8 Å². The van der Waals surface area contributed by atoms with Gasteiger partial charge in [0.25, 0.3) is 5.91 Å². The maximum Gasteiger partial charge on any atom is 0.258 e. The van der Waals surface area contributed by atoms with Gasteiger partial charge < -0.3 is 20.9 Å². The molecule has 0 radical (unpaired) electrons. The average Bonchev–Trinajstić information content (AvgIpc) is 2.84. The summed E-state index contributed by atoms with van der Waals surface area (Å²) >= 11 is 7.35. The molecule has 2 amide bonds. The number of halogens is 1. The van der Waals surface area contributed by atoms with Gasteiger partial charge in [-0.3, -0.25) is 9.59 Å². The quantitative estimate of drug-likeness (QED) is 0.247. The van der Waals surface area contributed by atoms with Crippen LogP contribution in [0.2, 0.25) is 5.02 Å². The highest BCUT2D eigenvalue weighted by atomic mass is 35.5. The predicted molar refractivity (Wildman–Crippen MR) is 142 cm³/mol. The molecule has 2 heterocycles. The summed E-state index contributed by atoms with van der Waals surface area (Å²) in [7, 11) is 4.04. The van der Waals surface area contributed by atoms with Crippen molar-refractivity contribution in [1.29, 1.82) is 0 Å². The molecule has 3 rings (SSSR count). The molecule has 0 saturated carbocycles. The van der Waals surface area contributed by atoms with Crippen LogP contribution in [0.3, 0.4) is 0 Å². The number of nitrogens with zero attached hydrogens (tertiary/aromatic N) is 3.